The Bertz CT molecular complexity index is 1000. The van der Waals surface area contributed by atoms with Crippen molar-refractivity contribution >= 4 is 5.91 Å². The highest BCUT2D eigenvalue weighted by atomic mass is 16.5. The van der Waals surface area contributed by atoms with Crippen molar-refractivity contribution in [2.24, 2.45) is 0 Å². The van der Waals surface area contributed by atoms with Gasteiger partial charge in [0.2, 0.25) is 0 Å². The molecule has 0 spiro atoms. The number of aromatic nitrogens is 1. The smallest absolute Gasteiger partial charge is 0.253 e. The molecule has 1 N–H and O–H groups in total. The van der Waals surface area contributed by atoms with Crippen molar-refractivity contribution in [3.05, 3.63) is 83.6 Å². The zero-order valence-electron chi connectivity index (χ0n) is 16.6. The second kappa shape index (κ2) is 8.45. The van der Waals surface area contributed by atoms with Crippen LogP contribution in [0.3, 0.4) is 0 Å². The van der Waals surface area contributed by atoms with E-state index in [0.29, 0.717) is 6.54 Å². The van der Waals surface area contributed by atoms with E-state index in [9.17, 15) is 4.79 Å². The van der Waals surface area contributed by atoms with Crippen molar-refractivity contribution in [1.29, 1.82) is 0 Å². The van der Waals surface area contributed by atoms with Crippen molar-refractivity contribution in [3.8, 4) is 17.0 Å². The standard InChI is InChI=1S/C24H24N2O3/c1-16-8-7-13-25-21(16)20-12-6-11-18-14-19(29-22(18)20)15-26-24(27)23(28-2)17-9-4-3-5-10-17/h3-13,19,23H,14-15H2,1-2H3,(H,26,27)/t19-,23+/m0/s1. The number of hydrogen-bond acceptors (Lipinski definition) is 4. The summed E-state index contributed by atoms with van der Waals surface area (Å²) in [6, 6.07) is 19.6. The number of nitrogens with zero attached hydrogens (tertiary/aromatic N) is 1. The molecule has 29 heavy (non-hydrogen) atoms. The number of carbonyl (C=O) groups is 1. The summed E-state index contributed by atoms with van der Waals surface area (Å²) < 4.78 is 11.6. The number of aryl methyl sites for hydroxylation is 1. The lowest BCUT2D eigenvalue weighted by Crippen LogP contribution is -2.37. The van der Waals surface area contributed by atoms with Gasteiger partial charge < -0.3 is 14.8 Å². The molecule has 1 aromatic heterocycles. The Balaban J connectivity index is 1.45. The molecule has 0 fully saturated rings. The van der Waals surface area contributed by atoms with Gasteiger partial charge in [0, 0.05) is 25.3 Å². The van der Waals surface area contributed by atoms with E-state index in [2.05, 4.69) is 16.4 Å². The second-order valence-corrected chi connectivity index (χ2v) is 7.18. The third-order valence-corrected chi connectivity index (χ3v) is 5.17. The minimum atomic E-state index is -0.633. The SMILES string of the molecule is CO[C@@H](C(=O)NC[C@@H]1Cc2cccc(-c3ncccc3C)c2O1)c1ccccc1. The molecule has 0 unspecified atom stereocenters. The molecule has 0 bridgehead atoms. The third-order valence-electron chi connectivity index (χ3n) is 5.17. The molecule has 1 aliphatic rings. The third kappa shape index (κ3) is 4.00. The van der Waals surface area contributed by atoms with Gasteiger partial charge in [0.15, 0.2) is 6.10 Å². The molecule has 5 heteroatoms. The molecule has 0 saturated heterocycles. The fraction of sp³-hybridized carbons (Fsp3) is 0.250. The van der Waals surface area contributed by atoms with E-state index in [4.69, 9.17) is 9.47 Å². The summed E-state index contributed by atoms with van der Waals surface area (Å²) in [5, 5.41) is 2.98. The van der Waals surface area contributed by atoms with E-state index >= 15 is 0 Å². The Morgan fingerprint density at radius 2 is 2.00 bits per heavy atom. The van der Waals surface area contributed by atoms with Crippen LogP contribution in [0.15, 0.2) is 66.9 Å². The lowest BCUT2D eigenvalue weighted by molar-refractivity contribution is -0.131. The van der Waals surface area contributed by atoms with Crippen LogP contribution in [-0.2, 0) is 16.0 Å². The summed E-state index contributed by atoms with van der Waals surface area (Å²) >= 11 is 0. The Morgan fingerprint density at radius 1 is 1.17 bits per heavy atom. The van der Waals surface area contributed by atoms with Crippen LogP contribution < -0.4 is 10.1 Å². The average Bonchev–Trinajstić information content (AvgIpc) is 3.17. The average molecular weight is 388 g/mol. The van der Waals surface area contributed by atoms with Crippen LogP contribution in [-0.4, -0.2) is 30.6 Å². The van der Waals surface area contributed by atoms with Crippen molar-refractivity contribution in [1.82, 2.24) is 10.3 Å². The first-order valence-corrected chi connectivity index (χ1v) is 9.73. The van der Waals surface area contributed by atoms with E-state index in [1.807, 2.05) is 61.5 Å². The van der Waals surface area contributed by atoms with Gasteiger partial charge in [-0.2, -0.15) is 0 Å². The number of methoxy groups -OCH3 is 1. The number of benzene rings is 2. The largest absolute Gasteiger partial charge is 0.487 e. The van der Waals surface area contributed by atoms with Crippen LogP contribution >= 0.6 is 0 Å². The van der Waals surface area contributed by atoms with Gasteiger partial charge in [-0.1, -0.05) is 48.5 Å². The number of amides is 1. The molecule has 0 saturated carbocycles. The van der Waals surface area contributed by atoms with E-state index < -0.39 is 6.10 Å². The van der Waals surface area contributed by atoms with Crippen molar-refractivity contribution < 1.29 is 14.3 Å². The van der Waals surface area contributed by atoms with Crippen LogP contribution in [0.5, 0.6) is 5.75 Å². The maximum Gasteiger partial charge on any atom is 0.253 e. The summed E-state index contributed by atoms with van der Waals surface area (Å²) in [5.41, 5.74) is 4.99. The van der Waals surface area contributed by atoms with Crippen LogP contribution in [0.4, 0.5) is 0 Å². The highest BCUT2D eigenvalue weighted by molar-refractivity contribution is 5.82. The summed E-state index contributed by atoms with van der Waals surface area (Å²) in [6.45, 7) is 2.46. The van der Waals surface area contributed by atoms with Crippen molar-refractivity contribution in [2.75, 3.05) is 13.7 Å². The van der Waals surface area contributed by atoms with E-state index in [1.54, 1.807) is 13.3 Å². The summed E-state index contributed by atoms with van der Waals surface area (Å²) in [5.74, 6) is 0.693. The van der Waals surface area contributed by atoms with Gasteiger partial charge in [0.25, 0.3) is 5.91 Å². The predicted molar refractivity (Wildman–Crippen MR) is 112 cm³/mol. The minimum absolute atomic E-state index is 0.118. The lowest BCUT2D eigenvalue weighted by Gasteiger charge is -2.18. The minimum Gasteiger partial charge on any atom is -0.487 e. The maximum absolute atomic E-state index is 12.6. The number of nitrogens with one attached hydrogen (secondary N) is 1. The normalized spacial score (nSPS) is 16.0. The van der Waals surface area contributed by atoms with E-state index in [0.717, 1.165) is 40.1 Å². The van der Waals surface area contributed by atoms with Gasteiger partial charge in [-0.25, -0.2) is 0 Å². The van der Waals surface area contributed by atoms with Crippen LogP contribution in [0.25, 0.3) is 11.3 Å². The summed E-state index contributed by atoms with van der Waals surface area (Å²) in [4.78, 5) is 17.2. The molecule has 1 aliphatic heterocycles. The molecule has 0 radical (unpaired) electrons. The number of rotatable bonds is 6. The molecule has 0 aliphatic carbocycles. The Kier molecular flexibility index (Phi) is 5.58. The summed E-state index contributed by atoms with van der Waals surface area (Å²) in [6.07, 6.45) is 1.79. The Morgan fingerprint density at radius 3 is 2.76 bits per heavy atom. The lowest BCUT2D eigenvalue weighted by atomic mass is 10.0. The molecule has 2 heterocycles. The first-order valence-electron chi connectivity index (χ1n) is 9.73. The molecule has 2 atom stereocenters. The zero-order valence-corrected chi connectivity index (χ0v) is 16.6. The molecular formula is C24H24N2O3. The van der Waals surface area contributed by atoms with Crippen molar-refractivity contribution in [2.45, 2.75) is 25.6 Å². The molecule has 2 aromatic carbocycles. The highest BCUT2D eigenvalue weighted by Gasteiger charge is 2.28. The molecular weight excluding hydrogens is 364 g/mol. The van der Waals surface area contributed by atoms with Crippen LogP contribution in [0.1, 0.15) is 22.8 Å². The second-order valence-electron chi connectivity index (χ2n) is 7.18. The fourth-order valence-electron chi connectivity index (χ4n) is 3.74. The molecule has 5 nitrogen and oxygen atoms in total. The maximum atomic E-state index is 12.6. The predicted octanol–water partition coefficient (Wildman–Crippen LogP) is 3.86. The number of hydrogen-bond donors (Lipinski definition) is 1. The molecule has 1 amide bonds. The molecule has 4 rings (SSSR count). The van der Waals surface area contributed by atoms with Gasteiger partial charge in [-0.15, -0.1) is 0 Å². The number of para-hydroxylation sites is 1. The topological polar surface area (TPSA) is 60.5 Å². The first kappa shape index (κ1) is 19.2. The fourth-order valence-corrected chi connectivity index (χ4v) is 3.74. The van der Waals surface area contributed by atoms with Gasteiger partial charge in [-0.3, -0.25) is 9.78 Å². The Hall–Kier alpha value is -3.18. The van der Waals surface area contributed by atoms with Crippen LogP contribution in [0, 0.1) is 6.92 Å². The van der Waals surface area contributed by atoms with Gasteiger partial charge >= 0.3 is 0 Å². The van der Waals surface area contributed by atoms with E-state index in [1.165, 1.54) is 0 Å². The quantitative estimate of drug-likeness (QED) is 0.697. The Labute approximate surface area is 170 Å². The first-order chi connectivity index (χ1) is 14.2. The number of carbonyl (C=O) groups excluding carboxylic acids is 1. The number of fused-ring (bicyclic) bond motifs is 1. The molecule has 148 valence electrons. The van der Waals surface area contributed by atoms with E-state index in [-0.39, 0.29) is 12.0 Å². The van der Waals surface area contributed by atoms with Gasteiger partial charge in [0.1, 0.15) is 11.9 Å². The monoisotopic (exact) mass is 388 g/mol. The zero-order chi connectivity index (χ0) is 20.2. The summed E-state index contributed by atoms with van der Waals surface area (Å²) in [7, 11) is 1.54. The van der Waals surface area contributed by atoms with Crippen LogP contribution in [0.2, 0.25) is 0 Å². The van der Waals surface area contributed by atoms with Gasteiger partial charge in [-0.05, 0) is 35.7 Å². The number of ether oxygens (including phenoxy) is 2. The van der Waals surface area contributed by atoms with Gasteiger partial charge in [0.05, 0.1) is 12.2 Å². The number of pyridine rings is 1. The highest BCUT2D eigenvalue weighted by Crippen LogP contribution is 2.38. The van der Waals surface area contributed by atoms with Crippen molar-refractivity contribution in [3.63, 3.8) is 0 Å². The molecule has 3 aromatic rings.